The lowest BCUT2D eigenvalue weighted by atomic mass is 10.0. The summed E-state index contributed by atoms with van der Waals surface area (Å²) in [4.78, 5) is 27.8. The quantitative estimate of drug-likeness (QED) is 0.340. The van der Waals surface area contributed by atoms with Crippen molar-refractivity contribution in [1.82, 2.24) is 19.5 Å². The van der Waals surface area contributed by atoms with Crippen LogP contribution in [0, 0.1) is 33.6 Å². The minimum atomic E-state index is -3.97. The summed E-state index contributed by atoms with van der Waals surface area (Å²) >= 11 is 0. The van der Waals surface area contributed by atoms with Gasteiger partial charge in [-0.05, 0) is 52.8 Å². The molecule has 1 aliphatic rings. The number of amides is 3. The number of aryl methyl sites for hydroxylation is 4. The molecule has 0 radical (unpaired) electrons. The zero-order valence-electron chi connectivity index (χ0n) is 25.3. The van der Waals surface area contributed by atoms with E-state index in [1.54, 1.807) is 50.8 Å². The van der Waals surface area contributed by atoms with Crippen LogP contribution < -0.4 is 15.4 Å². The van der Waals surface area contributed by atoms with Crippen molar-refractivity contribution < 1.29 is 36.9 Å². The second-order valence-electron chi connectivity index (χ2n) is 10.9. The van der Waals surface area contributed by atoms with Gasteiger partial charge in [-0.3, -0.25) is 4.79 Å². The summed E-state index contributed by atoms with van der Waals surface area (Å²) in [6.07, 6.45) is -0.743. The molecule has 14 nitrogen and oxygen atoms in total. The highest BCUT2D eigenvalue weighted by atomic mass is 32.2. The van der Waals surface area contributed by atoms with Gasteiger partial charge in [0.25, 0.3) is 0 Å². The lowest BCUT2D eigenvalue weighted by molar-refractivity contribution is -0.134. The molecule has 15 heteroatoms. The summed E-state index contributed by atoms with van der Waals surface area (Å²) in [6.45, 7) is 10.0. The maximum Gasteiger partial charge on any atom is 0.323 e. The summed E-state index contributed by atoms with van der Waals surface area (Å²) in [5.41, 5.74) is 2.14. The van der Waals surface area contributed by atoms with Crippen LogP contribution in [0.25, 0.3) is 0 Å². The topological polar surface area (TPSA) is 180 Å². The summed E-state index contributed by atoms with van der Waals surface area (Å²) in [5.74, 6) is 0.451. The number of aliphatic hydroxyl groups is 1. The van der Waals surface area contributed by atoms with Crippen LogP contribution >= 0.6 is 0 Å². The first-order valence-corrected chi connectivity index (χ1v) is 15.3. The molecule has 0 spiro atoms. The number of benzene rings is 1. The molecule has 0 fully saturated rings. The van der Waals surface area contributed by atoms with Gasteiger partial charge in [0.1, 0.15) is 33.8 Å². The summed E-state index contributed by atoms with van der Waals surface area (Å²) in [6, 6.07) is 3.90. The van der Waals surface area contributed by atoms with Crippen LogP contribution in [0.5, 0.6) is 5.75 Å². The van der Waals surface area contributed by atoms with Gasteiger partial charge >= 0.3 is 6.03 Å². The largest absolute Gasteiger partial charge is 0.488 e. The van der Waals surface area contributed by atoms with Crippen LogP contribution in [0.3, 0.4) is 0 Å². The van der Waals surface area contributed by atoms with E-state index in [2.05, 4.69) is 20.9 Å². The Bertz CT molecular complexity index is 1560. The van der Waals surface area contributed by atoms with Crippen molar-refractivity contribution >= 4 is 33.3 Å². The summed E-state index contributed by atoms with van der Waals surface area (Å²) in [7, 11) is -2.52. The van der Waals surface area contributed by atoms with Crippen molar-refractivity contribution in [2.75, 3.05) is 37.4 Å². The van der Waals surface area contributed by atoms with E-state index in [1.807, 2.05) is 6.92 Å². The van der Waals surface area contributed by atoms with Crippen LogP contribution in [0.4, 0.5) is 16.2 Å². The fraction of sp³-hybridized carbons (Fsp3) is 0.500. The third-order valence-corrected chi connectivity index (χ3v) is 9.59. The molecule has 0 bridgehead atoms. The van der Waals surface area contributed by atoms with E-state index in [1.165, 1.54) is 18.3 Å². The average molecular weight is 619 g/mol. The van der Waals surface area contributed by atoms with Crippen LogP contribution in [0.1, 0.15) is 42.3 Å². The fourth-order valence-electron chi connectivity index (χ4n) is 5.01. The molecule has 3 amide bonds. The average Bonchev–Trinajstić information content (AvgIpc) is 3.47. The normalized spacial score (nSPS) is 18.3. The van der Waals surface area contributed by atoms with Gasteiger partial charge in [0.15, 0.2) is 11.5 Å². The second kappa shape index (κ2) is 12.7. The predicted octanol–water partition coefficient (Wildman–Crippen LogP) is 3.01. The first-order chi connectivity index (χ1) is 20.2. The SMILES string of the molecule is Cc1noc(C)c1NC(=O)Nc1ccc2c(c1)CC(=O)N([C@H](C)CO)C[C@@H](C)[C@H](CN(C)S(=O)(=O)c1c(C)noc1C)O2. The zero-order valence-corrected chi connectivity index (χ0v) is 26.1. The van der Waals surface area contributed by atoms with Gasteiger partial charge in [-0.1, -0.05) is 17.2 Å². The zero-order chi connectivity index (χ0) is 31.6. The molecule has 0 unspecified atom stereocenters. The number of ether oxygens (including phenoxy) is 1. The van der Waals surface area contributed by atoms with E-state index in [4.69, 9.17) is 13.8 Å². The van der Waals surface area contributed by atoms with E-state index in [-0.39, 0.29) is 54.3 Å². The molecular formula is C28H38N6O8S. The molecule has 3 heterocycles. The molecule has 0 saturated heterocycles. The van der Waals surface area contributed by atoms with Gasteiger partial charge in [-0.2, -0.15) is 4.31 Å². The van der Waals surface area contributed by atoms with Gasteiger partial charge < -0.3 is 34.4 Å². The third kappa shape index (κ3) is 6.84. The Morgan fingerprint density at radius 1 is 1.14 bits per heavy atom. The van der Waals surface area contributed by atoms with E-state index >= 15 is 0 Å². The van der Waals surface area contributed by atoms with Crippen LogP contribution in [-0.4, -0.2) is 83.9 Å². The molecule has 3 N–H and O–H groups in total. The molecule has 1 aromatic carbocycles. The van der Waals surface area contributed by atoms with Crippen molar-refractivity contribution in [3.05, 3.63) is 46.7 Å². The number of hydrogen-bond acceptors (Lipinski definition) is 10. The van der Waals surface area contributed by atoms with Crippen molar-refractivity contribution in [2.45, 2.75) is 65.0 Å². The Kier molecular flexibility index (Phi) is 9.47. The molecule has 3 aromatic rings. The fourth-order valence-corrected chi connectivity index (χ4v) is 6.48. The highest BCUT2D eigenvalue weighted by Gasteiger charge is 2.35. The third-order valence-electron chi connectivity index (χ3n) is 7.52. The number of sulfonamides is 1. The Morgan fingerprint density at radius 3 is 2.42 bits per heavy atom. The first-order valence-electron chi connectivity index (χ1n) is 13.8. The highest BCUT2D eigenvalue weighted by Crippen LogP contribution is 2.31. The number of urea groups is 1. The molecule has 43 heavy (non-hydrogen) atoms. The molecule has 0 aliphatic carbocycles. The van der Waals surface area contributed by atoms with Crippen molar-refractivity contribution in [1.29, 1.82) is 0 Å². The monoisotopic (exact) mass is 618 g/mol. The summed E-state index contributed by atoms with van der Waals surface area (Å²) in [5, 5.41) is 23.0. The van der Waals surface area contributed by atoms with E-state index in [0.29, 0.717) is 34.1 Å². The van der Waals surface area contributed by atoms with Gasteiger partial charge in [0, 0.05) is 30.8 Å². The number of aliphatic hydroxyl groups excluding tert-OH is 1. The lowest BCUT2D eigenvalue weighted by Gasteiger charge is -2.33. The molecule has 1 aliphatic heterocycles. The molecule has 3 atom stereocenters. The molecule has 234 valence electrons. The Morgan fingerprint density at radius 2 is 1.81 bits per heavy atom. The minimum absolute atomic E-state index is 0.00223. The number of likely N-dealkylation sites (N-methyl/N-ethyl adjacent to an activating group) is 1. The van der Waals surface area contributed by atoms with Crippen molar-refractivity contribution in [3.8, 4) is 5.75 Å². The molecule has 2 aromatic heterocycles. The number of fused-ring (bicyclic) bond motifs is 1. The number of hydrogen-bond donors (Lipinski definition) is 3. The smallest absolute Gasteiger partial charge is 0.323 e. The molecule has 4 rings (SSSR count). The van der Waals surface area contributed by atoms with Crippen molar-refractivity contribution in [3.63, 3.8) is 0 Å². The Hall–Kier alpha value is -3.95. The van der Waals surface area contributed by atoms with E-state index in [9.17, 15) is 23.1 Å². The highest BCUT2D eigenvalue weighted by molar-refractivity contribution is 7.89. The van der Waals surface area contributed by atoms with Crippen LogP contribution in [-0.2, 0) is 21.2 Å². The number of anilines is 2. The van der Waals surface area contributed by atoms with E-state index < -0.39 is 28.2 Å². The number of carbonyl (C=O) groups excluding carboxylic acids is 2. The van der Waals surface area contributed by atoms with Crippen LogP contribution in [0.15, 0.2) is 32.1 Å². The van der Waals surface area contributed by atoms with Gasteiger partial charge in [-0.15, -0.1) is 0 Å². The predicted molar refractivity (Wildman–Crippen MR) is 156 cm³/mol. The van der Waals surface area contributed by atoms with Crippen LogP contribution in [0.2, 0.25) is 0 Å². The van der Waals surface area contributed by atoms with Gasteiger partial charge in [-0.25, -0.2) is 13.2 Å². The minimum Gasteiger partial charge on any atom is -0.488 e. The first kappa shape index (κ1) is 32.0. The molecular weight excluding hydrogens is 580 g/mol. The number of aromatic nitrogens is 2. The maximum absolute atomic E-state index is 13.5. The van der Waals surface area contributed by atoms with Gasteiger partial charge in [0.05, 0.1) is 25.6 Å². The van der Waals surface area contributed by atoms with Gasteiger partial charge in [0.2, 0.25) is 15.9 Å². The lowest BCUT2D eigenvalue weighted by Crippen LogP contribution is -2.48. The van der Waals surface area contributed by atoms with E-state index in [0.717, 1.165) is 0 Å². The second-order valence-corrected chi connectivity index (χ2v) is 12.9. The number of nitrogens with one attached hydrogen (secondary N) is 2. The standard InChI is InChI=1S/C28H38N6O8S/c1-15-12-34(16(2)14-35)25(36)11-21-10-22(29-28(37)30-26-17(3)31-41-19(26)5)8-9-23(21)40-24(15)13-33(7)43(38,39)27-18(4)32-42-20(27)6/h8-10,15-16,24,35H,11-14H2,1-7H3,(H2,29,30,37)/t15-,16-,24+/m1/s1. The number of rotatable bonds is 8. The maximum atomic E-state index is 13.5. The number of nitrogens with zero attached hydrogens (tertiary/aromatic N) is 4. The molecule has 0 saturated carbocycles. The van der Waals surface area contributed by atoms with Crippen molar-refractivity contribution in [2.24, 2.45) is 5.92 Å². The number of carbonyl (C=O) groups is 2. The Labute approximate surface area is 250 Å². The summed E-state index contributed by atoms with van der Waals surface area (Å²) < 4.78 is 44.7. The Balaban J connectivity index is 1.64.